The van der Waals surface area contributed by atoms with E-state index >= 15 is 0 Å². The maximum atomic E-state index is 12.4. The van der Waals surface area contributed by atoms with E-state index in [1.807, 2.05) is 12.1 Å². The van der Waals surface area contributed by atoms with E-state index in [1.165, 1.54) is 20.3 Å². The number of hydrogen-bond acceptors (Lipinski definition) is 3. The molecule has 0 heterocycles. The highest BCUT2D eigenvalue weighted by molar-refractivity contribution is 6.30. The van der Waals surface area contributed by atoms with Gasteiger partial charge >= 0.3 is 0 Å². The summed E-state index contributed by atoms with van der Waals surface area (Å²) in [6, 6.07) is 12.5. The Morgan fingerprint density at radius 1 is 1.00 bits per heavy atom. The quantitative estimate of drug-likeness (QED) is 0.612. The predicted octanol–water partition coefficient (Wildman–Crippen LogP) is 4.25. The molecule has 2 aromatic carbocycles. The van der Waals surface area contributed by atoms with Crippen LogP contribution in [0.3, 0.4) is 0 Å². The first-order valence-corrected chi connectivity index (χ1v) is 6.72. The molecule has 0 spiro atoms. The number of hydrogen-bond donors (Lipinski definition) is 0. The Hall–Kier alpha value is -2.26. The smallest absolute Gasteiger partial charge is 0.193 e. The summed E-state index contributed by atoms with van der Waals surface area (Å²) in [6.07, 6.45) is 3.22. The third-order valence-corrected chi connectivity index (χ3v) is 3.22. The molecule has 0 radical (unpaired) electrons. The lowest BCUT2D eigenvalue weighted by Gasteiger charge is -2.10. The summed E-state index contributed by atoms with van der Waals surface area (Å²) in [7, 11) is 3.04. The van der Waals surface area contributed by atoms with Gasteiger partial charge in [-0.05, 0) is 35.9 Å². The second-order valence-electron chi connectivity index (χ2n) is 4.29. The molecule has 0 N–H and O–H groups in total. The summed E-state index contributed by atoms with van der Waals surface area (Å²) < 4.78 is 10.4. The Labute approximate surface area is 128 Å². The summed E-state index contributed by atoms with van der Waals surface area (Å²) in [4.78, 5) is 12.4. The number of carbonyl (C=O) groups excluding carboxylic acids is 1. The molecule has 4 heteroatoms. The molecule has 21 heavy (non-hydrogen) atoms. The molecule has 0 saturated heterocycles. The summed E-state index contributed by atoms with van der Waals surface area (Å²) in [5.74, 6) is 0.791. The van der Waals surface area contributed by atoms with Gasteiger partial charge < -0.3 is 9.47 Å². The standard InChI is InChI=1S/C17H15ClO3/c1-20-15-4-3-5-16(21-2)17(15)14(19)11-8-12-6-9-13(18)10-7-12/h3-11H,1-2H3. The molecule has 108 valence electrons. The molecular weight excluding hydrogens is 288 g/mol. The maximum Gasteiger partial charge on any atom is 0.193 e. The van der Waals surface area contributed by atoms with Crippen LogP contribution in [0.1, 0.15) is 15.9 Å². The number of carbonyl (C=O) groups is 1. The van der Waals surface area contributed by atoms with E-state index in [1.54, 1.807) is 36.4 Å². The fourth-order valence-corrected chi connectivity index (χ4v) is 2.05. The molecule has 2 aromatic rings. The van der Waals surface area contributed by atoms with Crippen molar-refractivity contribution in [3.8, 4) is 11.5 Å². The minimum absolute atomic E-state index is 0.181. The lowest BCUT2D eigenvalue weighted by molar-refractivity contribution is 0.104. The fourth-order valence-electron chi connectivity index (χ4n) is 1.92. The molecular formula is C17H15ClO3. The van der Waals surface area contributed by atoms with Gasteiger partial charge in [0.05, 0.1) is 14.2 Å². The molecule has 0 unspecified atom stereocenters. The molecule has 0 aliphatic heterocycles. The Bertz CT molecular complexity index is 638. The number of halogens is 1. The number of ketones is 1. The topological polar surface area (TPSA) is 35.5 Å². The van der Waals surface area contributed by atoms with E-state index in [0.717, 1.165) is 5.56 Å². The first-order valence-electron chi connectivity index (χ1n) is 6.34. The maximum absolute atomic E-state index is 12.4. The third-order valence-electron chi connectivity index (χ3n) is 2.97. The van der Waals surface area contributed by atoms with Crippen LogP contribution in [-0.4, -0.2) is 20.0 Å². The highest BCUT2D eigenvalue weighted by Gasteiger charge is 2.15. The van der Waals surface area contributed by atoms with Gasteiger partial charge in [0.15, 0.2) is 5.78 Å². The first-order chi connectivity index (χ1) is 10.2. The van der Waals surface area contributed by atoms with E-state index in [-0.39, 0.29) is 5.78 Å². The van der Waals surface area contributed by atoms with Crippen LogP contribution in [0.25, 0.3) is 6.08 Å². The van der Waals surface area contributed by atoms with Crippen molar-refractivity contribution in [3.63, 3.8) is 0 Å². The minimum Gasteiger partial charge on any atom is -0.496 e. The third kappa shape index (κ3) is 3.64. The van der Waals surface area contributed by atoms with Gasteiger partial charge in [-0.25, -0.2) is 0 Å². The number of rotatable bonds is 5. The number of ether oxygens (including phenoxy) is 2. The van der Waals surface area contributed by atoms with E-state index in [0.29, 0.717) is 22.1 Å². The van der Waals surface area contributed by atoms with Gasteiger partial charge in [0.25, 0.3) is 0 Å². The van der Waals surface area contributed by atoms with Crippen LogP contribution in [0.2, 0.25) is 5.02 Å². The zero-order valence-corrected chi connectivity index (χ0v) is 12.6. The summed E-state index contributed by atoms with van der Waals surface area (Å²) in [5, 5.41) is 0.657. The van der Waals surface area contributed by atoms with Crippen LogP contribution in [0.5, 0.6) is 11.5 Å². The molecule has 0 saturated carbocycles. The van der Waals surface area contributed by atoms with Crippen LogP contribution < -0.4 is 9.47 Å². The van der Waals surface area contributed by atoms with Gasteiger partial charge in [-0.3, -0.25) is 4.79 Å². The molecule has 3 nitrogen and oxygen atoms in total. The number of allylic oxidation sites excluding steroid dienone is 1. The average Bonchev–Trinajstić information content (AvgIpc) is 2.53. The Morgan fingerprint density at radius 2 is 1.57 bits per heavy atom. The number of benzene rings is 2. The van der Waals surface area contributed by atoms with Crippen molar-refractivity contribution in [2.75, 3.05) is 14.2 Å². The van der Waals surface area contributed by atoms with Crippen molar-refractivity contribution < 1.29 is 14.3 Å². The van der Waals surface area contributed by atoms with Gasteiger partial charge in [-0.2, -0.15) is 0 Å². The van der Waals surface area contributed by atoms with Crippen molar-refractivity contribution in [1.82, 2.24) is 0 Å². The van der Waals surface area contributed by atoms with Crippen LogP contribution in [0, 0.1) is 0 Å². The molecule has 0 atom stereocenters. The van der Waals surface area contributed by atoms with Crippen molar-refractivity contribution in [2.24, 2.45) is 0 Å². The van der Waals surface area contributed by atoms with E-state index in [2.05, 4.69) is 0 Å². The van der Waals surface area contributed by atoms with Crippen LogP contribution >= 0.6 is 11.6 Å². The minimum atomic E-state index is -0.181. The van der Waals surface area contributed by atoms with E-state index < -0.39 is 0 Å². The second-order valence-corrected chi connectivity index (χ2v) is 4.72. The zero-order chi connectivity index (χ0) is 15.2. The van der Waals surface area contributed by atoms with Gasteiger partial charge in [-0.1, -0.05) is 35.9 Å². The largest absolute Gasteiger partial charge is 0.496 e. The lowest BCUT2D eigenvalue weighted by Crippen LogP contribution is -2.02. The molecule has 0 fully saturated rings. The summed E-state index contributed by atoms with van der Waals surface area (Å²) in [6.45, 7) is 0. The van der Waals surface area contributed by atoms with Crippen molar-refractivity contribution in [3.05, 3.63) is 64.7 Å². The highest BCUT2D eigenvalue weighted by atomic mass is 35.5. The molecule has 0 amide bonds. The van der Waals surface area contributed by atoms with Gasteiger partial charge in [0.2, 0.25) is 0 Å². The molecule has 0 aromatic heterocycles. The van der Waals surface area contributed by atoms with Gasteiger partial charge in [0.1, 0.15) is 17.1 Å². The average molecular weight is 303 g/mol. The fraction of sp³-hybridized carbons (Fsp3) is 0.118. The summed E-state index contributed by atoms with van der Waals surface area (Å²) >= 11 is 5.83. The Balaban J connectivity index is 2.30. The van der Waals surface area contributed by atoms with E-state index in [9.17, 15) is 4.79 Å². The monoisotopic (exact) mass is 302 g/mol. The van der Waals surface area contributed by atoms with Crippen molar-refractivity contribution in [2.45, 2.75) is 0 Å². The highest BCUT2D eigenvalue weighted by Crippen LogP contribution is 2.29. The first kappa shape index (κ1) is 15.1. The molecule has 0 aliphatic rings. The molecule has 2 rings (SSSR count). The Kier molecular flexibility index (Phi) is 5.01. The Morgan fingerprint density at radius 3 is 2.10 bits per heavy atom. The van der Waals surface area contributed by atoms with E-state index in [4.69, 9.17) is 21.1 Å². The summed E-state index contributed by atoms with van der Waals surface area (Å²) in [5.41, 5.74) is 1.30. The predicted molar refractivity (Wildman–Crippen MR) is 84.4 cm³/mol. The lowest BCUT2D eigenvalue weighted by atomic mass is 10.1. The normalized spacial score (nSPS) is 10.6. The van der Waals surface area contributed by atoms with Gasteiger partial charge in [-0.15, -0.1) is 0 Å². The number of methoxy groups -OCH3 is 2. The molecule has 0 bridgehead atoms. The second kappa shape index (κ2) is 6.95. The van der Waals surface area contributed by atoms with Crippen molar-refractivity contribution in [1.29, 1.82) is 0 Å². The SMILES string of the molecule is COc1cccc(OC)c1C(=O)C=Cc1ccc(Cl)cc1. The van der Waals surface area contributed by atoms with Crippen LogP contribution in [0.15, 0.2) is 48.5 Å². The molecule has 0 aliphatic carbocycles. The van der Waals surface area contributed by atoms with Crippen molar-refractivity contribution >= 4 is 23.5 Å². The zero-order valence-electron chi connectivity index (χ0n) is 11.8. The van der Waals surface area contributed by atoms with Crippen LogP contribution in [0.4, 0.5) is 0 Å². The van der Waals surface area contributed by atoms with Crippen LogP contribution in [-0.2, 0) is 0 Å². The van der Waals surface area contributed by atoms with Gasteiger partial charge in [0, 0.05) is 5.02 Å².